The number of nitrogens with zero attached hydrogens (tertiary/aromatic N) is 3. The van der Waals surface area contributed by atoms with Crippen LogP contribution in [0, 0.1) is 0 Å². The van der Waals surface area contributed by atoms with E-state index in [2.05, 4.69) is 15.0 Å². The van der Waals surface area contributed by atoms with Crippen molar-refractivity contribution in [3.05, 3.63) is 22.7 Å². The van der Waals surface area contributed by atoms with Gasteiger partial charge in [0.15, 0.2) is 5.82 Å². The van der Waals surface area contributed by atoms with E-state index >= 15 is 0 Å². The molecule has 2 N–H and O–H groups in total. The van der Waals surface area contributed by atoms with E-state index in [4.69, 9.17) is 15.0 Å². The Morgan fingerprint density at radius 2 is 2.48 bits per heavy atom. The maximum absolute atomic E-state index is 5.89. The zero-order valence-corrected chi connectivity index (χ0v) is 12.9. The van der Waals surface area contributed by atoms with Gasteiger partial charge in [0.1, 0.15) is 0 Å². The van der Waals surface area contributed by atoms with Gasteiger partial charge in [0.05, 0.1) is 18.2 Å². The second-order valence-corrected chi connectivity index (χ2v) is 6.05. The highest BCUT2D eigenvalue weighted by molar-refractivity contribution is 7.08. The molecule has 2 aromatic heterocycles. The summed E-state index contributed by atoms with van der Waals surface area (Å²) in [5.41, 5.74) is 6.87. The lowest BCUT2D eigenvalue weighted by Gasteiger charge is -2.37. The third-order valence-corrected chi connectivity index (χ3v) is 4.66. The summed E-state index contributed by atoms with van der Waals surface area (Å²) in [4.78, 5) is 6.79. The minimum Gasteiger partial charge on any atom is -0.381 e. The number of likely N-dealkylation sites (tertiary alicyclic amines) is 1. The summed E-state index contributed by atoms with van der Waals surface area (Å²) < 4.78 is 10.8. The average Bonchev–Trinajstić information content (AvgIpc) is 3.18. The number of ether oxygens (including phenoxy) is 1. The van der Waals surface area contributed by atoms with Crippen molar-refractivity contribution >= 4 is 11.3 Å². The van der Waals surface area contributed by atoms with Gasteiger partial charge >= 0.3 is 0 Å². The molecule has 114 valence electrons. The molecule has 1 aliphatic rings. The molecule has 0 radical (unpaired) electrons. The highest BCUT2D eigenvalue weighted by Gasteiger charge is 2.28. The SMILES string of the molecule is COC1CCN(Cc2noc(-c3ccsc3)n2)C(CN)C1. The molecule has 0 amide bonds. The first-order valence-electron chi connectivity index (χ1n) is 7.12. The van der Waals surface area contributed by atoms with Crippen molar-refractivity contribution in [2.75, 3.05) is 20.2 Å². The third kappa shape index (κ3) is 3.32. The first kappa shape index (κ1) is 14.6. The molecule has 1 aliphatic heterocycles. The van der Waals surface area contributed by atoms with Gasteiger partial charge in [-0.25, -0.2) is 0 Å². The summed E-state index contributed by atoms with van der Waals surface area (Å²) in [5.74, 6) is 1.30. The predicted octanol–water partition coefficient (Wildman–Crippen LogP) is 1.74. The van der Waals surface area contributed by atoms with Crippen molar-refractivity contribution in [2.45, 2.75) is 31.5 Å². The lowest BCUT2D eigenvalue weighted by atomic mass is 9.99. The molecule has 0 spiro atoms. The molecular formula is C14H20N4O2S. The van der Waals surface area contributed by atoms with Crippen LogP contribution in [0.3, 0.4) is 0 Å². The topological polar surface area (TPSA) is 77.4 Å². The third-order valence-electron chi connectivity index (χ3n) is 3.98. The molecule has 3 rings (SSSR count). The van der Waals surface area contributed by atoms with Crippen LogP contribution in [-0.2, 0) is 11.3 Å². The van der Waals surface area contributed by atoms with Gasteiger partial charge in [0.2, 0.25) is 0 Å². The number of piperidine rings is 1. The van der Waals surface area contributed by atoms with Crippen molar-refractivity contribution in [1.82, 2.24) is 15.0 Å². The zero-order chi connectivity index (χ0) is 14.7. The van der Waals surface area contributed by atoms with E-state index in [1.54, 1.807) is 18.4 Å². The maximum Gasteiger partial charge on any atom is 0.258 e. The number of hydrogen-bond donors (Lipinski definition) is 1. The Labute approximate surface area is 127 Å². The highest BCUT2D eigenvalue weighted by atomic mass is 32.1. The van der Waals surface area contributed by atoms with Gasteiger partial charge in [0.25, 0.3) is 5.89 Å². The lowest BCUT2D eigenvalue weighted by Crippen LogP contribution is -2.48. The molecule has 2 aromatic rings. The summed E-state index contributed by atoms with van der Waals surface area (Å²) >= 11 is 1.62. The first-order chi connectivity index (χ1) is 10.3. The van der Waals surface area contributed by atoms with Gasteiger partial charge in [-0.05, 0) is 24.3 Å². The molecule has 0 saturated carbocycles. The van der Waals surface area contributed by atoms with Crippen LogP contribution in [0.1, 0.15) is 18.7 Å². The van der Waals surface area contributed by atoms with Crippen LogP contribution >= 0.6 is 11.3 Å². The zero-order valence-electron chi connectivity index (χ0n) is 12.1. The standard InChI is InChI=1S/C14H20N4O2S/c1-19-12-2-4-18(11(6-12)7-15)8-13-16-14(20-17-13)10-3-5-21-9-10/h3,5,9,11-12H,2,4,6-8,15H2,1H3. The summed E-state index contributed by atoms with van der Waals surface area (Å²) in [6.07, 6.45) is 2.28. The molecule has 0 bridgehead atoms. The fraction of sp³-hybridized carbons (Fsp3) is 0.571. The average molecular weight is 308 g/mol. The van der Waals surface area contributed by atoms with Crippen molar-refractivity contribution in [1.29, 1.82) is 0 Å². The number of thiophene rings is 1. The van der Waals surface area contributed by atoms with E-state index in [-0.39, 0.29) is 0 Å². The fourth-order valence-corrected chi connectivity index (χ4v) is 3.36. The molecule has 1 saturated heterocycles. The fourth-order valence-electron chi connectivity index (χ4n) is 2.73. The number of hydrogen-bond acceptors (Lipinski definition) is 7. The minimum atomic E-state index is 0.307. The van der Waals surface area contributed by atoms with Gasteiger partial charge in [-0.1, -0.05) is 5.16 Å². The number of methoxy groups -OCH3 is 1. The van der Waals surface area contributed by atoms with Gasteiger partial charge in [-0.2, -0.15) is 16.3 Å². The van der Waals surface area contributed by atoms with E-state index in [1.165, 1.54) is 0 Å². The Kier molecular flexibility index (Phi) is 4.64. The second-order valence-electron chi connectivity index (χ2n) is 5.27. The van der Waals surface area contributed by atoms with Crippen LogP contribution in [0.25, 0.3) is 11.5 Å². The first-order valence-corrected chi connectivity index (χ1v) is 8.06. The quantitative estimate of drug-likeness (QED) is 0.906. The van der Waals surface area contributed by atoms with Crippen LogP contribution in [0.2, 0.25) is 0 Å². The molecule has 3 heterocycles. The Balaban J connectivity index is 1.66. The number of aromatic nitrogens is 2. The van der Waals surface area contributed by atoms with Crippen LogP contribution in [-0.4, -0.2) is 47.4 Å². The molecule has 2 atom stereocenters. The van der Waals surface area contributed by atoms with Gasteiger partial charge in [0, 0.05) is 31.6 Å². The van der Waals surface area contributed by atoms with Crippen LogP contribution in [0.4, 0.5) is 0 Å². The lowest BCUT2D eigenvalue weighted by molar-refractivity contribution is 0.00910. The minimum absolute atomic E-state index is 0.307. The van der Waals surface area contributed by atoms with Crippen LogP contribution in [0.15, 0.2) is 21.3 Å². The molecule has 21 heavy (non-hydrogen) atoms. The molecule has 0 aromatic carbocycles. The molecule has 2 unspecified atom stereocenters. The molecule has 7 heteroatoms. The van der Waals surface area contributed by atoms with Crippen molar-refractivity contribution in [3.63, 3.8) is 0 Å². The van der Waals surface area contributed by atoms with Crippen LogP contribution < -0.4 is 5.73 Å². The molecule has 6 nitrogen and oxygen atoms in total. The van der Waals surface area contributed by atoms with E-state index in [1.807, 2.05) is 16.8 Å². The number of nitrogens with two attached hydrogens (primary N) is 1. The Morgan fingerprint density at radius 3 is 3.19 bits per heavy atom. The molecule has 1 fully saturated rings. The van der Waals surface area contributed by atoms with Gasteiger partial charge in [-0.15, -0.1) is 0 Å². The second kappa shape index (κ2) is 6.65. The van der Waals surface area contributed by atoms with Crippen molar-refractivity contribution in [2.24, 2.45) is 5.73 Å². The van der Waals surface area contributed by atoms with Crippen molar-refractivity contribution in [3.8, 4) is 11.5 Å². The summed E-state index contributed by atoms with van der Waals surface area (Å²) in [7, 11) is 1.76. The number of rotatable bonds is 5. The largest absolute Gasteiger partial charge is 0.381 e. The molecular weight excluding hydrogens is 288 g/mol. The Morgan fingerprint density at radius 1 is 1.57 bits per heavy atom. The summed E-state index contributed by atoms with van der Waals surface area (Å²) in [5, 5.41) is 8.08. The molecule has 0 aliphatic carbocycles. The predicted molar refractivity (Wildman–Crippen MR) is 80.9 cm³/mol. The summed E-state index contributed by atoms with van der Waals surface area (Å²) in [6.45, 7) is 2.24. The van der Waals surface area contributed by atoms with E-state index < -0.39 is 0 Å². The summed E-state index contributed by atoms with van der Waals surface area (Å²) in [6, 6.07) is 2.29. The van der Waals surface area contributed by atoms with E-state index in [0.717, 1.165) is 24.9 Å². The highest BCUT2D eigenvalue weighted by Crippen LogP contribution is 2.23. The monoisotopic (exact) mass is 308 g/mol. The van der Waals surface area contributed by atoms with E-state index in [9.17, 15) is 0 Å². The maximum atomic E-state index is 5.89. The van der Waals surface area contributed by atoms with Gasteiger partial charge < -0.3 is 15.0 Å². The Bertz CT molecular complexity index is 557. The Hall–Kier alpha value is -1.28. The van der Waals surface area contributed by atoms with Crippen molar-refractivity contribution < 1.29 is 9.26 Å². The smallest absolute Gasteiger partial charge is 0.258 e. The van der Waals surface area contributed by atoms with Gasteiger partial charge in [-0.3, -0.25) is 4.90 Å². The van der Waals surface area contributed by atoms with E-state index in [0.29, 0.717) is 37.0 Å². The van der Waals surface area contributed by atoms with Crippen LogP contribution in [0.5, 0.6) is 0 Å². The normalized spacial score (nSPS) is 23.5.